The zero-order valence-corrected chi connectivity index (χ0v) is 17.3. The fourth-order valence-electron chi connectivity index (χ4n) is 3.49. The number of hydrogen-bond donors (Lipinski definition) is 1. The Morgan fingerprint density at radius 2 is 2.00 bits per heavy atom. The van der Waals surface area contributed by atoms with E-state index in [0.29, 0.717) is 43.4 Å². The first kappa shape index (κ1) is 20.6. The fourth-order valence-corrected chi connectivity index (χ4v) is 3.49. The molecule has 1 aromatic heterocycles. The lowest BCUT2D eigenvalue weighted by Crippen LogP contribution is -2.25. The SMILES string of the molecule is CCOc1ccc(-c2noc(CCC(=O)Nc3ccccc3N3CCCC3=O)n2)cc1. The van der Waals surface area contributed by atoms with Gasteiger partial charge in [0.1, 0.15) is 5.75 Å². The molecule has 1 N–H and O–H groups in total. The van der Waals surface area contributed by atoms with Gasteiger partial charge in [-0.1, -0.05) is 17.3 Å². The number of hydrogen-bond acceptors (Lipinski definition) is 6. The van der Waals surface area contributed by atoms with Gasteiger partial charge in [-0.15, -0.1) is 0 Å². The van der Waals surface area contributed by atoms with Crippen molar-refractivity contribution < 1.29 is 18.8 Å². The van der Waals surface area contributed by atoms with Crippen LogP contribution in [0.5, 0.6) is 5.75 Å². The van der Waals surface area contributed by atoms with Gasteiger partial charge < -0.3 is 19.5 Å². The highest BCUT2D eigenvalue weighted by Crippen LogP contribution is 2.29. The molecular weight excluding hydrogens is 396 g/mol. The molecule has 0 bridgehead atoms. The van der Waals surface area contributed by atoms with Crippen molar-refractivity contribution in [2.45, 2.75) is 32.6 Å². The average Bonchev–Trinajstić information content (AvgIpc) is 3.43. The van der Waals surface area contributed by atoms with Crippen molar-refractivity contribution in [2.75, 3.05) is 23.4 Å². The predicted molar refractivity (Wildman–Crippen MR) is 116 cm³/mol. The smallest absolute Gasteiger partial charge is 0.227 e. The summed E-state index contributed by atoms with van der Waals surface area (Å²) in [4.78, 5) is 30.7. The Morgan fingerprint density at radius 3 is 2.74 bits per heavy atom. The summed E-state index contributed by atoms with van der Waals surface area (Å²) in [6.45, 7) is 3.20. The number of nitrogens with one attached hydrogen (secondary N) is 1. The Morgan fingerprint density at radius 1 is 1.19 bits per heavy atom. The molecule has 2 amide bonds. The Balaban J connectivity index is 1.35. The lowest BCUT2D eigenvalue weighted by Gasteiger charge is -2.19. The molecule has 3 aromatic rings. The third-order valence-electron chi connectivity index (χ3n) is 5.00. The van der Waals surface area contributed by atoms with Crippen molar-refractivity contribution in [3.05, 3.63) is 54.4 Å². The number of nitrogens with zero attached hydrogens (tertiary/aromatic N) is 3. The quantitative estimate of drug-likeness (QED) is 0.595. The van der Waals surface area contributed by atoms with Crippen LogP contribution in [0.2, 0.25) is 0 Å². The van der Waals surface area contributed by atoms with Gasteiger partial charge in [0.2, 0.25) is 23.5 Å². The van der Waals surface area contributed by atoms with Crippen molar-refractivity contribution in [3.8, 4) is 17.1 Å². The van der Waals surface area contributed by atoms with Crippen LogP contribution in [0.3, 0.4) is 0 Å². The van der Waals surface area contributed by atoms with Crippen LogP contribution in [0.15, 0.2) is 53.1 Å². The topological polar surface area (TPSA) is 97.6 Å². The Bertz CT molecular complexity index is 1060. The monoisotopic (exact) mass is 420 g/mol. The molecule has 160 valence electrons. The molecule has 4 rings (SSSR count). The highest BCUT2D eigenvalue weighted by Gasteiger charge is 2.24. The van der Waals surface area contributed by atoms with Crippen molar-refractivity contribution in [2.24, 2.45) is 0 Å². The van der Waals surface area contributed by atoms with Gasteiger partial charge in [0.15, 0.2) is 0 Å². The first-order chi connectivity index (χ1) is 15.1. The molecule has 0 unspecified atom stereocenters. The number of anilines is 2. The Hall–Kier alpha value is -3.68. The first-order valence-electron chi connectivity index (χ1n) is 10.4. The second-order valence-corrected chi connectivity index (χ2v) is 7.18. The Kier molecular flexibility index (Phi) is 6.26. The first-order valence-corrected chi connectivity index (χ1v) is 10.4. The van der Waals surface area contributed by atoms with Crippen LogP contribution in [-0.2, 0) is 16.0 Å². The van der Waals surface area contributed by atoms with E-state index in [1.807, 2.05) is 49.4 Å². The molecule has 0 spiro atoms. The molecule has 1 aliphatic rings. The maximum atomic E-state index is 12.5. The summed E-state index contributed by atoms with van der Waals surface area (Å²) in [7, 11) is 0. The average molecular weight is 420 g/mol. The van der Waals surface area contributed by atoms with Crippen LogP contribution < -0.4 is 15.0 Å². The molecule has 0 radical (unpaired) electrons. The molecule has 1 fully saturated rings. The van der Waals surface area contributed by atoms with Gasteiger partial charge in [-0.05, 0) is 49.7 Å². The number of carbonyl (C=O) groups excluding carboxylic acids is 2. The zero-order chi connectivity index (χ0) is 21.6. The van der Waals surface area contributed by atoms with Crippen LogP contribution in [-0.4, -0.2) is 35.1 Å². The number of ether oxygens (including phenoxy) is 1. The summed E-state index contributed by atoms with van der Waals surface area (Å²) in [5, 5.41) is 6.89. The van der Waals surface area contributed by atoms with Crippen LogP contribution in [0.25, 0.3) is 11.4 Å². The summed E-state index contributed by atoms with van der Waals surface area (Å²) in [5.74, 6) is 1.54. The summed E-state index contributed by atoms with van der Waals surface area (Å²) in [5.41, 5.74) is 2.17. The third kappa shape index (κ3) is 4.91. The highest BCUT2D eigenvalue weighted by atomic mass is 16.5. The second-order valence-electron chi connectivity index (χ2n) is 7.18. The third-order valence-corrected chi connectivity index (χ3v) is 5.00. The van der Waals surface area contributed by atoms with E-state index < -0.39 is 0 Å². The van der Waals surface area contributed by atoms with Gasteiger partial charge in [0.25, 0.3) is 0 Å². The van der Waals surface area contributed by atoms with E-state index in [1.54, 1.807) is 11.0 Å². The van der Waals surface area contributed by atoms with Crippen molar-refractivity contribution in [1.29, 1.82) is 0 Å². The Labute approximate surface area is 180 Å². The van der Waals surface area contributed by atoms with Crippen molar-refractivity contribution >= 4 is 23.2 Å². The summed E-state index contributed by atoms with van der Waals surface area (Å²) in [6.07, 6.45) is 1.87. The minimum atomic E-state index is -0.181. The van der Waals surface area contributed by atoms with Gasteiger partial charge >= 0.3 is 0 Å². The van der Waals surface area contributed by atoms with Gasteiger partial charge in [0.05, 0.1) is 18.0 Å². The van der Waals surface area contributed by atoms with E-state index in [1.165, 1.54) is 0 Å². The number of aromatic nitrogens is 2. The molecule has 0 aliphatic carbocycles. The molecule has 31 heavy (non-hydrogen) atoms. The van der Waals surface area contributed by atoms with Crippen molar-refractivity contribution in [3.63, 3.8) is 0 Å². The molecule has 1 aliphatic heterocycles. The second kappa shape index (κ2) is 9.42. The predicted octanol–water partition coefficient (Wildman–Crippen LogP) is 3.83. The van der Waals surface area contributed by atoms with Gasteiger partial charge in [-0.3, -0.25) is 9.59 Å². The van der Waals surface area contributed by atoms with E-state index >= 15 is 0 Å². The van der Waals surface area contributed by atoms with Crippen LogP contribution in [0.1, 0.15) is 32.1 Å². The minimum Gasteiger partial charge on any atom is -0.494 e. The number of benzene rings is 2. The number of carbonyl (C=O) groups is 2. The van der Waals surface area contributed by atoms with Crippen LogP contribution in [0.4, 0.5) is 11.4 Å². The maximum absolute atomic E-state index is 12.5. The lowest BCUT2D eigenvalue weighted by atomic mass is 10.2. The molecule has 2 aromatic carbocycles. The zero-order valence-electron chi connectivity index (χ0n) is 17.3. The summed E-state index contributed by atoms with van der Waals surface area (Å²) < 4.78 is 10.7. The molecule has 0 saturated carbocycles. The molecule has 2 heterocycles. The summed E-state index contributed by atoms with van der Waals surface area (Å²) in [6, 6.07) is 14.8. The molecule has 8 heteroatoms. The molecule has 8 nitrogen and oxygen atoms in total. The largest absolute Gasteiger partial charge is 0.494 e. The number of rotatable bonds is 8. The normalized spacial score (nSPS) is 13.5. The van der Waals surface area contributed by atoms with E-state index in [2.05, 4.69) is 15.5 Å². The lowest BCUT2D eigenvalue weighted by molar-refractivity contribution is -0.117. The van der Waals surface area contributed by atoms with Gasteiger partial charge in [-0.25, -0.2) is 0 Å². The maximum Gasteiger partial charge on any atom is 0.227 e. The fraction of sp³-hybridized carbons (Fsp3) is 0.304. The molecular formula is C23H24N4O4. The number of aryl methyl sites for hydroxylation is 1. The summed E-state index contributed by atoms with van der Waals surface area (Å²) >= 11 is 0. The molecule has 0 atom stereocenters. The van der Waals surface area contributed by atoms with E-state index in [9.17, 15) is 9.59 Å². The van der Waals surface area contributed by atoms with Gasteiger partial charge in [-0.2, -0.15) is 4.98 Å². The number of amides is 2. The van der Waals surface area contributed by atoms with Crippen LogP contribution >= 0.6 is 0 Å². The van der Waals surface area contributed by atoms with E-state index in [-0.39, 0.29) is 18.2 Å². The highest BCUT2D eigenvalue weighted by molar-refractivity contribution is 6.02. The van der Waals surface area contributed by atoms with E-state index in [0.717, 1.165) is 23.4 Å². The van der Waals surface area contributed by atoms with E-state index in [4.69, 9.17) is 9.26 Å². The standard InChI is InChI=1S/C23H24N4O4/c1-2-30-17-11-9-16(10-12-17)23-25-21(31-26-23)14-13-20(28)24-18-6-3-4-7-19(18)27-15-5-8-22(27)29/h3-4,6-7,9-12H,2,5,8,13-15H2,1H3,(H,24,28). The van der Waals surface area contributed by atoms with Gasteiger partial charge in [0, 0.05) is 31.4 Å². The van der Waals surface area contributed by atoms with Crippen molar-refractivity contribution in [1.82, 2.24) is 10.1 Å². The molecule has 1 saturated heterocycles. The minimum absolute atomic E-state index is 0.0781. The number of para-hydroxylation sites is 2. The van der Waals surface area contributed by atoms with Crippen LogP contribution in [0, 0.1) is 0 Å².